The number of nitrogens with one attached hydrogen (secondary N) is 1. The predicted molar refractivity (Wildman–Crippen MR) is 128 cm³/mol. The Hall–Kier alpha value is -3.46. The number of nitrogens with zero attached hydrogens (tertiary/aromatic N) is 4. The van der Waals surface area contributed by atoms with E-state index in [9.17, 15) is 19.7 Å². The van der Waals surface area contributed by atoms with Crippen LogP contribution in [0.2, 0.25) is 0 Å². The Morgan fingerprint density at radius 2 is 1.73 bits per heavy atom. The van der Waals surface area contributed by atoms with E-state index in [2.05, 4.69) is 5.32 Å². The normalized spacial score (nSPS) is 14.1. The smallest absolute Gasteiger partial charge is 0.292 e. The first-order valence-electron chi connectivity index (χ1n) is 11.2. The molecule has 2 amide bonds. The number of nitro benzene ring substituents is 1. The van der Waals surface area contributed by atoms with Crippen molar-refractivity contribution < 1.29 is 14.5 Å². The maximum absolute atomic E-state index is 13.0. The minimum Gasteiger partial charge on any atom is -0.363 e. The van der Waals surface area contributed by atoms with Crippen molar-refractivity contribution in [3.05, 3.63) is 64.2 Å². The van der Waals surface area contributed by atoms with Crippen LogP contribution in [0.3, 0.4) is 0 Å². The quantitative estimate of drug-likeness (QED) is 0.463. The number of aryl methyl sites for hydroxylation is 1. The van der Waals surface area contributed by atoms with Gasteiger partial charge in [0.25, 0.3) is 5.69 Å². The summed E-state index contributed by atoms with van der Waals surface area (Å²) in [6.45, 7) is 7.08. The molecule has 1 fully saturated rings. The summed E-state index contributed by atoms with van der Waals surface area (Å²) < 4.78 is 0. The molecule has 1 aliphatic heterocycles. The number of rotatable bonds is 9. The van der Waals surface area contributed by atoms with E-state index < -0.39 is 0 Å². The van der Waals surface area contributed by atoms with Gasteiger partial charge in [-0.25, -0.2) is 0 Å². The van der Waals surface area contributed by atoms with Gasteiger partial charge in [0.05, 0.1) is 18.0 Å². The number of nitro groups is 1. The Kier molecular flexibility index (Phi) is 8.37. The highest BCUT2D eigenvalue weighted by atomic mass is 16.6. The van der Waals surface area contributed by atoms with E-state index in [-0.39, 0.29) is 35.5 Å². The first-order valence-corrected chi connectivity index (χ1v) is 11.2. The molecule has 2 aromatic rings. The maximum Gasteiger partial charge on any atom is 0.292 e. The molecule has 1 N–H and O–H groups in total. The highest BCUT2D eigenvalue weighted by Crippen LogP contribution is 2.28. The monoisotopic (exact) mass is 453 g/mol. The van der Waals surface area contributed by atoms with E-state index in [0.717, 1.165) is 17.7 Å². The SMILES string of the molecule is CCCN(CC(=O)Nc1ccccc1C)C(=O)CN1CCN(c2ccccc2[N+](=O)[O-])CC1. The Morgan fingerprint density at radius 3 is 2.39 bits per heavy atom. The molecule has 33 heavy (non-hydrogen) atoms. The standard InChI is InChI=1S/C24H31N5O4/c1-3-12-28(17-23(30)25-20-9-5-4-8-19(20)2)24(31)18-26-13-15-27(16-14-26)21-10-6-7-11-22(21)29(32)33/h4-11H,3,12-18H2,1-2H3,(H,25,30). The average Bonchev–Trinajstić information content (AvgIpc) is 2.81. The Morgan fingerprint density at radius 1 is 1.06 bits per heavy atom. The molecule has 0 spiro atoms. The summed E-state index contributed by atoms with van der Waals surface area (Å²) in [5.41, 5.74) is 2.41. The van der Waals surface area contributed by atoms with Gasteiger partial charge in [-0.1, -0.05) is 37.3 Å². The van der Waals surface area contributed by atoms with Gasteiger partial charge in [0, 0.05) is 44.5 Å². The third kappa shape index (κ3) is 6.52. The predicted octanol–water partition coefficient (Wildman–Crippen LogP) is 2.90. The summed E-state index contributed by atoms with van der Waals surface area (Å²) in [4.78, 5) is 42.1. The summed E-state index contributed by atoms with van der Waals surface area (Å²) >= 11 is 0. The Bertz CT molecular complexity index is 988. The maximum atomic E-state index is 13.0. The van der Waals surface area contributed by atoms with Crippen LogP contribution in [0.15, 0.2) is 48.5 Å². The molecule has 1 aliphatic rings. The highest BCUT2D eigenvalue weighted by molar-refractivity contribution is 5.95. The van der Waals surface area contributed by atoms with Gasteiger partial charge in [0.2, 0.25) is 11.8 Å². The van der Waals surface area contributed by atoms with Crippen LogP contribution in [0.25, 0.3) is 0 Å². The van der Waals surface area contributed by atoms with Gasteiger partial charge in [-0.05, 0) is 31.0 Å². The number of hydrogen-bond donors (Lipinski definition) is 1. The fraction of sp³-hybridized carbons (Fsp3) is 0.417. The van der Waals surface area contributed by atoms with Gasteiger partial charge in [0.1, 0.15) is 5.69 Å². The molecule has 0 unspecified atom stereocenters. The van der Waals surface area contributed by atoms with Gasteiger partial charge in [-0.15, -0.1) is 0 Å². The van der Waals surface area contributed by atoms with E-state index in [1.807, 2.05) is 47.9 Å². The van der Waals surface area contributed by atoms with Crippen molar-refractivity contribution in [1.29, 1.82) is 0 Å². The minimum absolute atomic E-state index is 0.0111. The summed E-state index contributed by atoms with van der Waals surface area (Å²) in [5, 5.41) is 14.2. The van der Waals surface area contributed by atoms with Gasteiger partial charge >= 0.3 is 0 Å². The molecule has 0 radical (unpaired) electrons. The lowest BCUT2D eigenvalue weighted by Crippen LogP contribution is -2.51. The number of amides is 2. The number of carbonyl (C=O) groups is 2. The number of hydrogen-bond acceptors (Lipinski definition) is 6. The van der Waals surface area contributed by atoms with Crippen LogP contribution < -0.4 is 10.2 Å². The second-order valence-corrected chi connectivity index (χ2v) is 8.19. The highest BCUT2D eigenvalue weighted by Gasteiger charge is 2.26. The summed E-state index contributed by atoms with van der Waals surface area (Å²) in [6.07, 6.45) is 0.759. The van der Waals surface area contributed by atoms with E-state index in [1.165, 1.54) is 6.07 Å². The Balaban J connectivity index is 1.54. The summed E-state index contributed by atoms with van der Waals surface area (Å²) in [5.74, 6) is -0.303. The van der Waals surface area contributed by atoms with Crippen LogP contribution in [-0.2, 0) is 9.59 Å². The molecule has 0 bridgehead atoms. The summed E-state index contributed by atoms with van der Waals surface area (Å²) in [6, 6.07) is 14.3. The van der Waals surface area contributed by atoms with Gasteiger partial charge in [0.15, 0.2) is 0 Å². The molecule has 9 heteroatoms. The molecule has 3 rings (SSSR count). The Labute approximate surface area is 194 Å². The molecule has 0 atom stereocenters. The molecule has 0 aromatic heterocycles. The molecule has 176 valence electrons. The van der Waals surface area contributed by atoms with Crippen molar-refractivity contribution in [2.45, 2.75) is 20.3 Å². The van der Waals surface area contributed by atoms with E-state index in [4.69, 9.17) is 0 Å². The first-order chi connectivity index (χ1) is 15.9. The van der Waals surface area contributed by atoms with Crippen molar-refractivity contribution in [3.8, 4) is 0 Å². The number of piperazine rings is 1. The number of para-hydroxylation sites is 3. The van der Waals surface area contributed by atoms with Crippen LogP contribution in [-0.4, -0.2) is 72.4 Å². The van der Waals surface area contributed by atoms with Crippen molar-refractivity contribution >= 4 is 28.9 Å². The van der Waals surface area contributed by atoms with E-state index in [0.29, 0.717) is 38.4 Å². The van der Waals surface area contributed by atoms with Crippen molar-refractivity contribution in [2.24, 2.45) is 0 Å². The van der Waals surface area contributed by atoms with Gasteiger partial charge in [-0.3, -0.25) is 24.6 Å². The van der Waals surface area contributed by atoms with Crippen molar-refractivity contribution in [2.75, 3.05) is 56.0 Å². The molecular formula is C24H31N5O4. The van der Waals surface area contributed by atoms with Crippen LogP contribution in [0.1, 0.15) is 18.9 Å². The zero-order chi connectivity index (χ0) is 23.8. The molecule has 1 saturated heterocycles. The van der Waals surface area contributed by atoms with Crippen LogP contribution >= 0.6 is 0 Å². The molecule has 2 aromatic carbocycles. The molecule has 9 nitrogen and oxygen atoms in total. The lowest BCUT2D eigenvalue weighted by molar-refractivity contribution is -0.384. The average molecular weight is 454 g/mol. The van der Waals surface area contributed by atoms with Crippen LogP contribution in [0, 0.1) is 17.0 Å². The van der Waals surface area contributed by atoms with Crippen molar-refractivity contribution in [1.82, 2.24) is 9.80 Å². The molecule has 0 aliphatic carbocycles. The summed E-state index contributed by atoms with van der Waals surface area (Å²) in [7, 11) is 0. The van der Waals surface area contributed by atoms with Crippen molar-refractivity contribution in [3.63, 3.8) is 0 Å². The first kappa shape index (κ1) is 24.2. The van der Waals surface area contributed by atoms with E-state index >= 15 is 0 Å². The zero-order valence-corrected chi connectivity index (χ0v) is 19.2. The third-order valence-electron chi connectivity index (χ3n) is 5.75. The lowest BCUT2D eigenvalue weighted by Gasteiger charge is -2.36. The van der Waals surface area contributed by atoms with Gasteiger partial charge < -0.3 is 15.1 Å². The molecular weight excluding hydrogens is 422 g/mol. The van der Waals surface area contributed by atoms with E-state index in [1.54, 1.807) is 23.1 Å². The minimum atomic E-state index is -0.365. The third-order valence-corrected chi connectivity index (χ3v) is 5.75. The number of carbonyl (C=O) groups excluding carboxylic acids is 2. The molecule has 0 saturated carbocycles. The second-order valence-electron chi connectivity index (χ2n) is 8.19. The number of benzene rings is 2. The lowest BCUT2D eigenvalue weighted by atomic mass is 10.2. The van der Waals surface area contributed by atoms with Crippen LogP contribution in [0.5, 0.6) is 0 Å². The van der Waals surface area contributed by atoms with Crippen LogP contribution in [0.4, 0.5) is 17.1 Å². The number of anilines is 2. The topological polar surface area (TPSA) is 99.0 Å². The fourth-order valence-corrected chi connectivity index (χ4v) is 3.96. The largest absolute Gasteiger partial charge is 0.363 e. The zero-order valence-electron chi connectivity index (χ0n) is 19.2. The van der Waals surface area contributed by atoms with Gasteiger partial charge in [-0.2, -0.15) is 0 Å². The fourth-order valence-electron chi connectivity index (χ4n) is 3.96. The second kappa shape index (κ2) is 11.4. The molecule has 1 heterocycles.